The Morgan fingerprint density at radius 1 is 1.32 bits per heavy atom. The zero-order chi connectivity index (χ0) is 13.8. The number of halogens is 1. The van der Waals surface area contributed by atoms with Crippen LogP contribution in [-0.2, 0) is 0 Å². The zero-order valence-corrected chi connectivity index (χ0v) is 10.3. The molecule has 0 aromatic heterocycles. The normalized spacial score (nSPS) is 16.1. The number of nitro groups is 1. The Kier molecular flexibility index (Phi) is 4.06. The molecular formula is C12H14FN3O3. The Morgan fingerprint density at radius 3 is 2.63 bits per heavy atom. The van der Waals surface area contributed by atoms with Crippen molar-refractivity contribution in [3.63, 3.8) is 0 Å². The van der Waals surface area contributed by atoms with Crippen molar-refractivity contribution in [2.24, 2.45) is 0 Å². The number of benzene rings is 1. The molecule has 7 heteroatoms. The summed E-state index contributed by atoms with van der Waals surface area (Å²) in [7, 11) is 0. The fraction of sp³-hybridized carbons (Fsp3) is 0.417. The summed E-state index contributed by atoms with van der Waals surface area (Å²) < 4.78 is 13.5. The van der Waals surface area contributed by atoms with Gasteiger partial charge in [0.05, 0.1) is 10.5 Å². The molecule has 2 rings (SSSR count). The number of hydrazine groups is 1. The second kappa shape index (κ2) is 5.75. The molecule has 1 aromatic rings. The lowest BCUT2D eigenvalue weighted by atomic mass is 10.1. The van der Waals surface area contributed by atoms with E-state index in [1.165, 1.54) is 0 Å². The van der Waals surface area contributed by atoms with Crippen molar-refractivity contribution in [3.05, 3.63) is 39.7 Å². The summed E-state index contributed by atoms with van der Waals surface area (Å²) in [6.45, 7) is 1.42. The van der Waals surface area contributed by atoms with Gasteiger partial charge in [0, 0.05) is 25.2 Å². The summed E-state index contributed by atoms with van der Waals surface area (Å²) in [5.74, 6) is -1.41. The fourth-order valence-electron chi connectivity index (χ4n) is 2.01. The quantitative estimate of drug-likeness (QED) is 0.670. The van der Waals surface area contributed by atoms with E-state index in [2.05, 4.69) is 5.43 Å². The molecule has 1 fully saturated rings. The first-order valence-electron chi connectivity index (χ1n) is 6.08. The molecule has 1 amide bonds. The Morgan fingerprint density at radius 2 is 2.00 bits per heavy atom. The van der Waals surface area contributed by atoms with Gasteiger partial charge in [0.2, 0.25) is 0 Å². The molecule has 1 heterocycles. The van der Waals surface area contributed by atoms with Crippen molar-refractivity contribution in [2.75, 3.05) is 13.1 Å². The molecule has 1 aliphatic rings. The molecule has 19 heavy (non-hydrogen) atoms. The highest BCUT2D eigenvalue weighted by Gasteiger charge is 2.19. The Bertz CT molecular complexity index is 501. The molecule has 1 aliphatic heterocycles. The van der Waals surface area contributed by atoms with E-state index in [4.69, 9.17) is 0 Å². The van der Waals surface area contributed by atoms with Crippen molar-refractivity contribution < 1.29 is 14.1 Å². The van der Waals surface area contributed by atoms with Gasteiger partial charge in [-0.15, -0.1) is 0 Å². The summed E-state index contributed by atoms with van der Waals surface area (Å²) in [5.41, 5.74) is 1.97. The van der Waals surface area contributed by atoms with Crippen LogP contribution in [0.1, 0.15) is 29.6 Å². The van der Waals surface area contributed by atoms with Gasteiger partial charge in [-0.1, -0.05) is 6.42 Å². The SMILES string of the molecule is O=C(NN1CCCCC1)c1cc([N+](=O)[O-])ccc1F. The molecular weight excluding hydrogens is 253 g/mol. The predicted octanol–water partition coefficient (Wildman–Crippen LogP) is 1.86. The second-order valence-corrected chi connectivity index (χ2v) is 4.41. The minimum absolute atomic E-state index is 0.301. The lowest BCUT2D eigenvalue weighted by Gasteiger charge is -2.26. The van der Waals surface area contributed by atoms with Gasteiger partial charge >= 0.3 is 0 Å². The van der Waals surface area contributed by atoms with E-state index in [0.29, 0.717) is 13.1 Å². The minimum Gasteiger partial charge on any atom is -0.285 e. The first kappa shape index (κ1) is 13.4. The molecule has 0 spiro atoms. The number of hydrogen-bond acceptors (Lipinski definition) is 4. The van der Waals surface area contributed by atoms with Crippen LogP contribution in [0.4, 0.5) is 10.1 Å². The molecule has 0 aliphatic carbocycles. The van der Waals surface area contributed by atoms with E-state index >= 15 is 0 Å². The predicted molar refractivity (Wildman–Crippen MR) is 65.9 cm³/mol. The van der Waals surface area contributed by atoms with Crippen molar-refractivity contribution in [1.29, 1.82) is 0 Å². The van der Waals surface area contributed by atoms with Crippen LogP contribution in [0.3, 0.4) is 0 Å². The standard InChI is InChI=1S/C12H14FN3O3/c13-11-5-4-9(16(18)19)8-10(11)12(17)14-15-6-2-1-3-7-15/h4-5,8H,1-3,6-7H2,(H,14,17). The summed E-state index contributed by atoms with van der Waals surface area (Å²) in [5, 5.41) is 12.3. The Hall–Kier alpha value is -2.02. The van der Waals surface area contributed by atoms with E-state index in [9.17, 15) is 19.3 Å². The first-order chi connectivity index (χ1) is 9.08. The maximum absolute atomic E-state index is 13.5. The highest BCUT2D eigenvalue weighted by atomic mass is 19.1. The van der Waals surface area contributed by atoms with Gasteiger partial charge in [0.1, 0.15) is 5.82 Å². The molecule has 0 saturated carbocycles. The average molecular weight is 267 g/mol. The van der Waals surface area contributed by atoms with Gasteiger partial charge < -0.3 is 0 Å². The van der Waals surface area contributed by atoms with E-state index in [-0.39, 0.29) is 11.3 Å². The topological polar surface area (TPSA) is 75.5 Å². The van der Waals surface area contributed by atoms with Gasteiger partial charge in [0.25, 0.3) is 11.6 Å². The molecule has 1 N–H and O–H groups in total. The average Bonchev–Trinajstić information content (AvgIpc) is 2.40. The molecule has 0 bridgehead atoms. The summed E-state index contributed by atoms with van der Waals surface area (Å²) in [4.78, 5) is 21.9. The second-order valence-electron chi connectivity index (χ2n) is 4.41. The highest BCUT2D eigenvalue weighted by molar-refractivity contribution is 5.94. The van der Waals surface area contributed by atoms with Gasteiger partial charge in [-0.05, 0) is 18.9 Å². The fourth-order valence-corrected chi connectivity index (χ4v) is 2.01. The van der Waals surface area contributed by atoms with E-state index in [0.717, 1.165) is 37.5 Å². The largest absolute Gasteiger partial charge is 0.285 e. The van der Waals surface area contributed by atoms with Crippen molar-refractivity contribution in [2.45, 2.75) is 19.3 Å². The van der Waals surface area contributed by atoms with Gasteiger partial charge in [0.15, 0.2) is 0 Å². The van der Waals surface area contributed by atoms with Crippen LogP contribution >= 0.6 is 0 Å². The number of rotatable bonds is 3. The van der Waals surface area contributed by atoms with Crippen LogP contribution in [0.5, 0.6) is 0 Å². The lowest BCUT2D eigenvalue weighted by molar-refractivity contribution is -0.384. The number of carbonyl (C=O) groups excluding carboxylic acids is 1. The third-order valence-corrected chi connectivity index (χ3v) is 3.02. The van der Waals surface area contributed by atoms with Crippen molar-refractivity contribution >= 4 is 11.6 Å². The maximum atomic E-state index is 13.5. The van der Waals surface area contributed by atoms with Gasteiger partial charge in [-0.3, -0.25) is 20.3 Å². The lowest BCUT2D eigenvalue weighted by Crippen LogP contribution is -2.45. The van der Waals surface area contributed by atoms with Gasteiger partial charge in [-0.2, -0.15) is 0 Å². The molecule has 1 aromatic carbocycles. The third kappa shape index (κ3) is 3.25. The Balaban J connectivity index is 2.13. The molecule has 6 nitrogen and oxygen atoms in total. The van der Waals surface area contributed by atoms with Crippen molar-refractivity contribution in [3.8, 4) is 0 Å². The molecule has 0 atom stereocenters. The summed E-state index contributed by atoms with van der Waals surface area (Å²) in [6.07, 6.45) is 3.05. The van der Waals surface area contributed by atoms with E-state index in [1.54, 1.807) is 5.01 Å². The highest BCUT2D eigenvalue weighted by Crippen LogP contribution is 2.17. The summed E-state index contributed by atoms with van der Waals surface area (Å²) >= 11 is 0. The molecule has 102 valence electrons. The summed E-state index contributed by atoms with van der Waals surface area (Å²) in [6, 6.07) is 2.92. The first-order valence-corrected chi connectivity index (χ1v) is 6.08. The van der Waals surface area contributed by atoms with Crippen LogP contribution in [0.2, 0.25) is 0 Å². The monoisotopic (exact) mass is 267 g/mol. The van der Waals surface area contributed by atoms with Crippen molar-refractivity contribution in [1.82, 2.24) is 10.4 Å². The van der Waals surface area contributed by atoms with Crippen LogP contribution in [-0.4, -0.2) is 28.9 Å². The molecule has 0 unspecified atom stereocenters. The number of nitro benzene ring substituents is 1. The Labute approximate surface area is 109 Å². The number of nitrogens with one attached hydrogen (secondary N) is 1. The van der Waals surface area contributed by atoms with E-state index in [1.807, 2.05) is 0 Å². The molecule has 0 radical (unpaired) electrons. The maximum Gasteiger partial charge on any atom is 0.270 e. The number of non-ortho nitro benzene ring substituents is 1. The van der Waals surface area contributed by atoms with Crippen LogP contribution in [0, 0.1) is 15.9 Å². The number of hydrogen-bond donors (Lipinski definition) is 1. The van der Waals surface area contributed by atoms with Gasteiger partial charge in [-0.25, -0.2) is 9.40 Å². The minimum atomic E-state index is -0.764. The number of carbonyl (C=O) groups is 1. The number of amides is 1. The molecule has 1 saturated heterocycles. The van der Waals surface area contributed by atoms with Crippen LogP contribution in [0.25, 0.3) is 0 Å². The number of piperidine rings is 1. The zero-order valence-electron chi connectivity index (χ0n) is 10.3. The van der Waals surface area contributed by atoms with E-state index < -0.39 is 16.6 Å². The number of nitrogens with zero attached hydrogens (tertiary/aromatic N) is 2. The smallest absolute Gasteiger partial charge is 0.270 e. The van der Waals surface area contributed by atoms with Crippen LogP contribution < -0.4 is 5.43 Å². The van der Waals surface area contributed by atoms with Crippen LogP contribution in [0.15, 0.2) is 18.2 Å². The third-order valence-electron chi connectivity index (χ3n) is 3.02.